The summed E-state index contributed by atoms with van der Waals surface area (Å²) >= 11 is 0. The van der Waals surface area contributed by atoms with Gasteiger partial charge in [-0.3, -0.25) is 0 Å². The summed E-state index contributed by atoms with van der Waals surface area (Å²) < 4.78 is 39.9. The van der Waals surface area contributed by atoms with E-state index in [1.54, 1.807) is 12.1 Å². The van der Waals surface area contributed by atoms with Gasteiger partial charge in [-0.1, -0.05) is 0 Å². The van der Waals surface area contributed by atoms with Crippen LogP contribution in [0.15, 0.2) is 35.3 Å². The normalized spacial score (nSPS) is 10.4. The standard InChI is InChI=1S/C10H8F3NO/c1-15-9-4-2-8(3-5-9)14-7-6-10(11,12)13/h2-6H,1H3. The molecule has 2 nitrogen and oxygen atoms in total. The van der Waals surface area contributed by atoms with Crippen LogP contribution < -0.4 is 4.74 Å². The number of aliphatic imine (C=N–C) groups is 1. The first kappa shape index (κ1) is 11.3. The largest absolute Gasteiger partial charge is 0.497 e. The van der Waals surface area contributed by atoms with E-state index < -0.39 is 6.18 Å². The predicted molar refractivity (Wildman–Crippen MR) is 50.7 cm³/mol. The van der Waals surface area contributed by atoms with E-state index in [0.717, 1.165) is 0 Å². The third-order valence-corrected chi connectivity index (χ3v) is 1.49. The van der Waals surface area contributed by atoms with E-state index in [1.165, 1.54) is 19.2 Å². The molecule has 1 aromatic rings. The molecule has 0 radical (unpaired) electrons. The van der Waals surface area contributed by atoms with Crippen LogP contribution in [-0.4, -0.2) is 19.2 Å². The van der Waals surface area contributed by atoms with Gasteiger partial charge < -0.3 is 4.74 Å². The smallest absolute Gasteiger partial charge is 0.418 e. The minimum atomic E-state index is -4.38. The number of benzene rings is 1. The molecule has 0 aliphatic rings. The maximum absolute atomic E-state index is 11.7. The molecule has 0 heterocycles. The Hall–Kier alpha value is -1.74. The monoisotopic (exact) mass is 215 g/mol. The van der Waals surface area contributed by atoms with Crippen LogP contribution in [0.5, 0.6) is 5.75 Å². The van der Waals surface area contributed by atoms with E-state index >= 15 is 0 Å². The first-order valence-corrected chi connectivity index (χ1v) is 4.03. The minimum Gasteiger partial charge on any atom is -0.497 e. The summed E-state index contributed by atoms with van der Waals surface area (Å²) in [6, 6.07) is 6.29. The summed E-state index contributed by atoms with van der Waals surface area (Å²) in [4.78, 5) is 3.49. The minimum absolute atomic E-state index is 0.0444. The zero-order valence-corrected chi connectivity index (χ0v) is 7.88. The van der Waals surface area contributed by atoms with Crippen LogP contribution >= 0.6 is 0 Å². The zero-order chi connectivity index (χ0) is 11.3. The van der Waals surface area contributed by atoms with Crippen molar-refractivity contribution in [2.75, 3.05) is 7.11 Å². The predicted octanol–water partition coefficient (Wildman–Crippen LogP) is 3.11. The van der Waals surface area contributed by atoms with Crippen molar-refractivity contribution in [2.45, 2.75) is 6.18 Å². The number of halogens is 3. The van der Waals surface area contributed by atoms with Gasteiger partial charge in [0, 0.05) is 0 Å². The van der Waals surface area contributed by atoms with Crippen LogP contribution in [0.1, 0.15) is 0 Å². The van der Waals surface area contributed by atoms with Crippen molar-refractivity contribution in [1.82, 2.24) is 0 Å². The molecule has 0 unspecified atom stereocenters. The molecule has 0 aliphatic carbocycles. The van der Waals surface area contributed by atoms with E-state index in [4.69, 9.17) is 4.74 Å². The van der Waals surface area contributed by atoms with Crippen LogP contribution in [0.2, 0.25) is 0 Å². The fourth-order valence-corrected chi connectivity index (χ4v) is 0.837. The highest BCUT2D eigenvalue weighted by Crippen LogP contribution is 2.17. The highest BCUT2D eigenvalue weighted by atomic mass is 19.4. The van der Waals surface area contributed by atoms with E-state index in [1.807, 2.05) is 5.87 Å². The fraction of sp³-hybridized carbons (Fsp3) is 0.200. The molecular weight excluding hydrogens is 207 g/mol. The Balaban J connectivity index is 2.77. The highest BCUT2D eigenvalue weighted by molar-refractivity contribution is 5.59. The Morgan fingerprint density at radius 2 is 1.87 bits per heavy atom. The van der Waals surface area contributed by atoms with Crippen molar-refractivity contribution < 1.29 is 17.9 Å². The Morgan fingerprint density at radius 3 is 2.33 bits per heavy atom. The van der Waals surface area contributed by atoms with Gasteiger partial charge in [-0.25, -0.2) is 4.99 Å². The van der Waals surface area contributed by atoms with Crippen LogP contribution in [0.3, 0.4) is 0 Å². The topological polar surface area (TPSA) is 21.6 Å². The van der Waals surface area contributed by atoms with Crippen molar-refractivity contribution in [2.24, 2.45) is 4.99 Å². The van der Waals surface area contributed by atoms with Crippen molar-refractivity contribution in [1.29, 1.82) is 0 Å². The van der Waals surface area contributed by atoms with Crippen molar-refractivity contribution in [3.8, 4) is 5.75 Å². The number of nitrogens with zero attached hydrogens (tertiary/aromatic N) is 1. The van der Waals surface area contributed by atoms with Crippen LogP contribution in [0.25, 0.3) is 0 Å². The molecule has 0 fully saturated rings. The molecule has 5 heteroatoms. The molecule has 0 aliphatic heterocycles. The molecular formula is C10H8F3NO. The molecule has 1 aromatic carbocycles. The number of methoxy groups -OCH3 is 1. The molecule has 0 saturated heterocycles. The van der Waals surface area contributed by atoms with Crippen molar-refractivity contribution in [3.05, 3.63) is 30.3 Å². The molecule has 1 rings (SSSR count). The highest BCUT2D eigenvalue weighted by Gasteiger charge is 2.22. The molecule has 15 heavy (non-hydrogen) atoms. The van der Waals surface area contributed by atoms with Crippen molar-refractivity contribution >= 4 is 11.6 Å². The van der Waals surface area contributed by atoms with Gasteiger partial charge in [0.15, 0.2) is 0 Å². The lowest BCUT2D eigenvalue weighted by Gasteiger charge is -1.97. The first-order chi connectivity index (χ1) is 7.01. The number of allylic oxidation sites excluding steroid dienone is 1. The second-order valence-corrected chi connectivity index (χ2v) is 2.62. The number of ether oxygens (including phenoxy) is 1. The third kappa shape index (κ3) is 4.33. The third-order valence-electron chi connectivity index (χ3n) is 1.49. The van der Waals surface area contributed by atoms with Crippen molar-refractivity contribution in [3.63, 3.8) is 0 Å². The van der Waals surface area contributed by atoms with E-state index in [2.05, 4.69) is 4.99 Å². The van der Waals surface area contributed by atoms with Crippen LogP contribution in [-0.2, 0) is 0 Å². The van der Waals surface area contributed by atoms with Crippen LogP contribution in [0, 0.1) is 0 Å². The lowest BCUT2D eigenvalue weighted by Crippen LogP contribution is -2.00. The maximum atomic E-state index is 11.7. The molecule has 0 bridgehead atoms. The van der Waals surface area contributed by atoms with E-state index in [-0.39, 0.29) is 6.08 Å². The zero-order valence-electron chi connectivity index (χ0n) is 7.88. The molecule has 0 saturated carbocycles. The van der Waals surface area contributed by atoms with Gasteiger partial charge in [-0.15, -0.1) is 0 Å². The Labute approximate surface area is 84.7 Å². The molecule has 0 aromatic heterocycles. The Bertz CT molecular complexity index is 375. The molecule has 80 valence electrons. The van der Waals surface area contributed by atoms with Gasteiger partial charge >= 0.3 is 6.18 Å². The average molecular weight is 215 g/mol. The summed E-state index contributed by atoms with van der Waals surface area (Å²) in [6.07, 6.45) is -4.42. The Morgan fingerprint density at radius 1 is 1.27 bits per heavy atom. The van der Waals surface area contributed by atoms with E-state index in [9.17, 15) is 13.2 Å². The average Bonchev–Trinajstić information content (AvgIpc) is 2.17. The lowest BCUT2D eigenvalue weighted by atomic mass is 10.3. The first-order valence-electron chi connectivity index (χ1n) is 4.03. The fourth-order valence-electron chi connectivity index (χ4n) is 0.837. The second-order valence-electron chi connectivity index (χ2n) is 2.62. The number of rotatable bonds is 2. The van der Waals surface area contributed by atoms with E-state index in [0.29, 0.717) is 11.4 Å². The summed E-state index contributed by atoms with van der Waals surface area (Å²) in [7, 11) is 1.50. The summed E-state index contributed by atoms with van der Waals surface area (Å²) in [6.45, 7) is 0. The number of hydrogen-bond acceptors (Lipinski definition) is 2. The quantitative estimate of drug-likeness (QED) is 0.694. The molecule has 0 N–H and O–H groups in total. The maximum Gasteiger partial charge on any atom is 0.418 e. The molecule has 0 atom stereocenters. The van der Waals surface area contributed by atoms with Gasteiger partial charge in [-0.05, 0) is 30.1 Å². The summed E-state index contributed by atoms with van der Waals surface area (Å²) in [5, 5.41) is 0. The number of hydrogen-bond donors (Lipinski definition) is 0. The lowest BCUT2D eigenvalue weighted by molar-refractivity contribution is -0.0785. The second kappa shape index (κ2) is 4.66. The van der Waals surface area contributed by atoms with Gasteiger partial charge in [-0.2, -0.15) is 13.2 Å². The van der Waals surface area contributed by atoms with Crippen LogP contribution in [0.4, 0.5) is 18.9 Å². The molecule has 0 amide bonds. The summed E-state index contributed by atoms with van der Waals surface area (Å²) in [5.41, 5.74) is 0.385. The Kier molecular flexibility index (Phi) is 3.52. The SMILES string of the molecule is COc1ccc(N=C=CC(F)(F)F)cc1. The van der Waals surface area contributed by atoms with Gasteiger partial charge in [0.25, 0.3) is 0 Å². The van der Waals surface area contributed by atoms with Gasteiger partial charge in [0.2, 0.25) is 0 Å². The van der Waals surface area contributed by atoms with Gasteiger partial charge in [0.05, 0.1) is 18.9 Å². The molecule has 0 spiro atoms. The number of alkyl halides is 3. The van der Waals surface area contributed by atoms with Gasteiger partial charge in [0.1, 0.15) is 5.75 Å². The summed E-state index contributed by atoms with van der Waals surface area (Å²) in [5.74, 6) is 2.43.